The zero-order valence-electron chi connectivity index (χ0n) is 17.5. The highest BCUT2D eigenvalue weighted by atomic mass is 16.1. The minimum absolute atomic E-state index is 0.0189. The molecule has 1 fully saturated rings. The fourth-order valence-corrected chi connectivity index (χ4v) is 4.13. The second kappa shape index (κ2) is 8.18. The summed E-state index contributed by atoms with van der Waals surface area (Å²) in [6.07, 6.45) is 1.73. The number of H-pyrrole nitrogens is 1. The topological polar surface area (TPSA) is 139 Å². The molecule has 0 aliphatic carbocycles. The van der Waals surface area contributed by atoms with E-state index in [0.29, 0.717) is 23.9 Å². The molecule has 0 unspecified atom stereocenters. The Bertz CT molecular complexity index is 1270. The predicted molar refractivity (Wildman–Crippen MR) is 126 cm³/mol. The van der Waals surface area contributed by atoms with Gasteiger partial charge in [0, 0.05) is 35.8 Å². The van der Waals surface area contributed by atoms with Crippen LogP contribution in [0.25, 0.3) is 22.2 Å². The molecule has 2 aromatic carbocycles. The van der Waals surface area contributed by atoms with Crippen LogP contribution in [-0.2, 0) is 4.79 Å². The molecule has 0 saturated carbocycles. The van der Waals surface area contributed by atoms with E-state index in [9.17, 15) is 4.79 Å². The summed E-state index contributed by atoms with van der Waals surface area (Å²) in [5.74, 6) is 1.26. The van der Waals surface area contributed by atoms with Crippen molar-refractivity contribution in [3.8, 4) is 11.3 Å². The summed E-state index contributed by atoms with van der Waals surface area (Å²) in [6, 6.07) is 17.2. The van der Waals surface area contributed by atoms with E-state index in [1.807, 2.05) is 54.6 Å². The summed E-state index contributed by atoms with van der Waals surface area (Å²) < 4.78 is 0. The van der Waals surface area contributed by atoms with Crippen molar-refractivity contribution in [1.82, 2.24) is 20.2 Å². The monoisotopic (exact) mass is 428 g/mol. The van der Waals surface area contributed by atoms with Crippen molar-refractivity contribution in [3.05, 3.63) is 54.6 Å². The predicted octanol–water partition coefficient (Wildman–Crippen LogP) is 3.04. The van der Waals surface area contributed by atoms with Crippen LogP contribution >= 0.6 is 0 Å². The molecule has 1 aliphatic heterocycles. The van der Waals surface area contributed by atoms with Crippen LogP contribution in [0.3, 0.4) is 0 Å². The minimum atomic E-state index is -0.132. The summed E-state index contributed by atoms with van der Waals surface area (Å²) in [5.41, 5.74) is 15.1. The number of aromatic amines is 1. The molecule has 3 heterocycles. The van der Waals surface area contributed by atoms with Crippen molar-refractivity contribution < 1.29 is 4.79 Å². The lowest BCUT2D eigenvalue weighted by Crippen LogP contribution is -2.41. The van der Waals surface area contributed by atoms with Crippen molar-refractivity contribution in [2.24, 2.45) is 5.92 Å². The number of amides is 1. The highest BCUT2D eigenvalue weighted by Crippen LogP contribution is 2.29. The first-order valence-electron chi connectivity index (χ1n) is 10.6. The van der Waals surface area contributed by atoms with Crippen LogP contribution in [0.1, 0.15) is 12.8 Å². The molecule has 4 aromatic rings. The number of hydrogen-bond donors (Lipinski definition) is 4. The van der Waals surface area contributed by atoms with Gasteiger partial charge in [-0.1, -0.05) is 24.3 Å². The summed E-state index contributed by atoms with van der Waals surface area (Å²) in [6.45, 7) is 1.38. The maximum atomic E-state index is 12.8. The molecule has 2 aromatic heterocycles. The number of rotatable bonds is 4. The maximum absolute atomic E-state index is 12.8. The fraction of sp³-hybridized carbons (Fsp3) is 0.217. The fourth-order valence-electron chi connectivity index (χ4n) is 4.13. The van der Waals surface area contributed by atoms with Crippen LogP contribution in [0, 0.1) is 5.92 Å². The quantitative estimate of drug-likeness (QED) is 0.392. The molecule has 5 rings (SSSR count). The van der Waals surface area contributed by atoms with Crippen LogP contribution in [0.4, 0.5) is 23.3 Å². The number of piperidine rings is 1. The average molecular weight is 429 g/mol. The minimum Gasteiger partial charge on any atom is -0.382 e. The molecule has 1 atom stereocenters. The first kappa shape index (κ1) is 19.8. The zero-order chi connectivity index (χ0) is 22.1. The summed E-state index contributed by atoms with van der Waals surface area (Å²) in [7, 11) is 0. The number of hydrogen-bond acceptors (Lipinski definition) is 7. The third-order valence-electron chi connectivity index (χ3n) is 5.78. The second-order valence-electron chi connectivity index (χ2n) is 7.98. The first-order valence-corrected chi connectivity index (χ1v) is 10.6. The Morgan fingerprint density at radius 3 is 2.78 bits per heavy atom. The molecule has 9 heteroatoms. The highest BCUT2D eigenvalue weighted by Gasteiger charge is 2.27. The van der Waals surface area contributed by atoms with Crippen molar-refractivity contribution in [2.75, 3.05) is 34.8 Å². The molecule has 9 nitrogen and oxygen atoms in total. The summed E-state index contributed by atoms with van der Waals surface area (Å²) in [5, 5.41) is 10.8. The number of aromatic nitrogens is 4. The van der Waals surface area contributed by atoms with Gasteiger partial charge in [-0.3, -0.25) is 9.89 Å². The molecule has 32 heavy (non-hydrogen) atoms. The van der Waals surface area contributed by atoms with Crippen LogP contribution < -0.4 is 21.7 Å². The largest absolute Gasteiger partial charge is 0.382 e. The van der Waals surface area contributed by atoms with E-state index >= 15 is 0 Å². The Morgan fingerprint density at radius 2 is 1.94 bits per heavy atom. The van der Waals surface area contributed by atoms with Gasteiger partial charge in [-0.15, -0.1) is 0 Å². The van der Waals surface area contributed by atoms with E-state index in [-0.39, 0.29) is 17.8 Å². The number of carbonyl (C=O) groups is 1. The normalized spacial score (nSPS) is 16.2. The highest BCUT2D eigenvalue weighted by molar-refractivity contribution is 5.93. The number of para-hydroxylation sites is 1. The van der Waals surface area contributed by atoms with Crippen molar-refractivity contribution in [2.45, 2.75) is 12.8 Å². The third-order valence-corrected chi connectivity index (χ3v) is 5.78. The Hall–Kier alpha value is -4.14. The Morgan fingerprint density at radius 1 is 1.09 bits per heavy atom. The van der Waals surface area contributed by atoms with Gasteiger partial charge in [0.25, 0.3) is 0 Å². The number of carbonyl (C=O) groups excluding carboxylic acids is 1. The van der Waals surface area contributed by atoms with E-state index in [0.717, 1.165) is 41.5 Å². The van der Waals surface area contributed by atoms with Gasteiger partial charge in [-0.05, 0) is 37.1 Å². The maximum Gasteiger partial charge on any atom is 0.229 e. The lowest BCUT2D eigenvalue weighted by Gasteiger charge is -2.33. The number of nitrogen functional groups attached to an aromatic ring is 2. The molecular formula is C23H24N8O. The van der Waals surface area contributed by atoms with Gasteiger partial charge in [0.1, 0.15) is 5.82 Å². The third kappa shape index (κ3) is 3.92. The van der Waals surface area contributed by atoms with Crippen molar-refractivity contribution in [1.29, 1.82) is 0 Å². The molecule has 1 saturated heterocycles. The summed E-state index contributed by atoms with van der Waals surface area (Å²) in [4.78, 5) is 23.8. The number of nitrogens with two attached hydrogens (primary N) is 2. The van der Waals surface area contributed by atoms with E-state index in [4.69, 9.17) is 11.5 Å². The second-order valence-corrected chi connectivity index (χ2v) is 7.98. The zero-order valence-corrected chi connectivity index (χ0v) is 17.5. The Labute approximate surface area is 184 Å². The number of benzene rings is 2. The van der Waals surface area contributed by atoms with E-state index in [1.165, 1.54) is 0 Å². The van der Waals surface area contributed by atoms with Crippen LogP contribution in [0.2, 0.25) is 0 Å². The van der Waals surface area contributed by atoms with E-state index in [1.54, 1.807) is 0 Å². The van der Waals surface area contributed by atoms with Gasteiger partial charge in [-0.2, -0.15) is 10.1 Å². The van der Waals surface area contributed by atoms with Gasteiger partial charge >= 0.3 is 0 Å². The van der Waals surface area contributed by atoms with Gasteiger partial charge in [0.15, 0.2) is 5.82 Å². The molecule has 1 aliphatic rings. The number of anilines is 4. The SMILES string of the molecule is Nc1nc(-c2ccc3c(N)n[nH]c3c2)cc(N2CCC[C@@H](C(=O)Nc3ccccc3)C2)n1. The number of nitrogens with one attached hydrogen (secondary N) is 2. The number of fused-ring (bicyclic) bond motifs is 1. The molecule has 0 spiro atoms. The average Bonchev–Trinajstić information content (AvgIpc) is 3.19. The van der Waals surface area contributed by atoms with Gasteiger partial charge < -0.3 is 21.7 Å². The lowest BCUT2D eigenvalue weighted by molar-refractivity contribution is -0.120. The summed E-state index contributed by atoms with van der Waals surface area (Å²) >= 11 is 0. The Balaban J connectivity index is 1.38. The van der Waals surface area contributed by atoms with Gasteiger partial charge in [0.2, 0.25) is 11.9 Å². The van der Waals surface area contributed by atoms with Gasteiger partial charge in [0.05, 0.1) is 17.1 Å². The van der Waals surface area contributed by atoms with Crippen LogP contribution in [0.5, 0.6) is 0 Å². The lowest BCUT2D eigenvalue weighted by atomic mass is 9.97. The smallest absolute Gasteiger partial charge is 0.229 e. The van der Waals surface area contributed by atoms with Gasteiger partial charge in [-0.25, -0.2) is 4.98 Å². The molecule has 0 radical (unpaired) electrons. The molecule has 1 amide bonds. The molecule has 0 bridgehead atoms. The molecule has 6 N–H and O–H groups in total. The first-order chi connectivity index (χ1) is 15.6. The van der Waals surface area contributed by atoms with Crippen LogP contribution in [0.15, 0.2) is 54.6 Å². The molecule has 162 valence electrons. The van der Waals surface area contributed by atoms with Crippen LogP contribution in [-0.4, -0.2) is 39.2 Å². The molecular weight excluding hydrogens is 404 g/mol. The van der Waals surface area contributed by atoms with Crippen molar-refractivity contribution in [3.63, 3.8) is 0 Å². The standard InChI is InChI=1S/C23H24N8O/c24-21-17-9-8-14(11-19(17)29-30-21)18-12-20(28-23(25)27-18)31-10-4-5-15(13-31)22(32)26-16-6-2-1-3-7-16/h1-3,6-9,11-12,15H,4-5,10,13H2,(H,26,32)(H3,24,29,30)(H2,25,27,28)/t15-/m1/s1. The number of nitrogens with zero attached hydrogens (tertiary/aromatic N) is 4. The Kier molecular flexibility index (Phi) is 5.06. The van der Waals surface area contributed by atoms with Crippen molar-refractivity contribution >= 4 is 40.1 Å². The van der Waals surface area contributed by atoms with E-state index in [2.05, 4.69) is 30.4 Å². The van der Waals surface area contributed by atoms with E-state index < -0.39 is 0 Å².